The van der Waals surface area contributed by atoms with Crippen molar-refractivity contribution in [1.82, 2.24) is 0 Å². The largest absolute Gasteiger partial charge is 0.493 e. The number of benzene rings is 3. The first-order chi connectivity index (χ1) is 16.8. The molecule has 0 radical (unpaired) electrons. The van der Waals surface area contributed by atoms with Crippen molar-refractivity contribution in [2.45, 2.75) is 13.8 Å². The number of rotatable bonds is 6. The number of amides is 1. The van der Waals surface area contributed by atoms with E-state index in [1.54, 1.807) is 66.7 Å². The number of nitrogens with one attached hydrogen (secondary N) is 1. The maximum Gasteiger partial charge on any atom is 0.363 e. The molecule has 0 saturated heterocycles. The molecule has 0 aliphatic carbocycles. The second-order valence-corrected chi connectivity index (χ2v) is 7.76. The van der Waals surface area contributed by atoms with Gasteiger partial charge in [0.2, 0.25) is 11.8 Å². The standard InChI is InChI=1S/C27H22N2O6/c1-16-5-4-6-20(13-16)26(31)34-23-12-7-18(15-24(23)33-3)14-22-27(32)35-25(29-22)19-8-10-21(11-9-19)28-17(2)30/h4-15H,1-3H3,(H,28,30)/b22-14-. The van der Waals surface area contributed by atoms with Gasteiger partial charge in [-0.05, 0) is 67.1 Å². The molecule has 35 heavy (non-hydrogen) atoms. The minimum atomic E-state index is -0.597. The molecule has 1 aliphatic rings. The smallest absolute Gasteiger partial charge is 0.363 e. The molecule has 4 rings (SSSR count). The van der Waals surface area contributed by atoms with Crippen molar-refractivity contribution in [3.05, 3.63) is 94.7 Å². The number of cyclic esters (lactones) is 1. The van der Waals surface area contributed by atoms with Crippen LogP contribution in [0.2, 0.25) is 0 Å². The van der Waals surface area contributed by atoms with Gasteiger partial charge in [0.1, 0.15) is 0 Å². The molecule has 1 N–H and O–H groups in total. The van der Waals surface area contributed by atoms with E-state index in [9.17, 15) is 14.4 Å². The van der Waals surface area contributed by atoms with E-state index < -0.39 is 11.9 Å². The normalized spacial score (nSPS) is 13.7. The zero-order valence-corrected chi connectivity index (χ0v) is 19.3. The summed E-state index contributed by atoms with van der Waals surface area (Å²) >= 11 is 0. The molecule has 0 fully saturated rings. The number of carbonyl (C=O) groups is 3. The van der Waals surface area contributed by atoms with Gasteiger partial charge in [0.15, 0.2) is 17.2 Å². The van der Waals surface area contributed by atoms with Crippen LogP contribution in [0.25, 0.3) is 6.08 Å². The minimum Gasteiger partial charge on any atom is -0.493 e. The Morgan fingerprint density at radius 3 is 2.46 bits per heavy atom. The fraction of sp³-hybridized carbons (Fsp3) is 0.111. The molecular weight excluding hydrogens is 448 g/mol. The van der Waals surface area contributed by atoms with Gasteiger partial charge in [-0.15, -0.1) is 0 Å². The molecule has 0 atom stereocenters. The average Bonchev–Trinajstić information content (AvgIpc) is 3.20. The predicted octanol–water partition coefficient (Wildman–Crippen LogP) is 4.53. The minimum absolute atomic E-state index is 0.109. The topological polar surface area (TPSA) is 103 Å². The van der Waals surface area contributed by atoms with Crippen molar-refractivity contribution in [2.75, 3.05) is 12.4 Å². The molecule has 3 aromatic carbocycles. The van der Waals surface area contributed by atoms with Gasteiger partial charge in [-0.2, -0.15) is 0 Å². The molecule has 0 unspecified atom stereocenters. The van der Waals surface area contributed by atoms with Crippen molar-refractivity contribution in [1.29, 1.82) is 0 Å². The number of ether oxygens (including phenoxy) is 3. The maximum atomic E-state index is 12.5. The van der Waals surface area contributed by atoms with E-state index in [1.165, 1.54) is 14.0 Å². The summed E-state index contributed by atoms with van der Waals surface area (Å²) in [6, 6.07) is 18.8. The fourth-order valence-corrected chi connectivity index (χ4v) is 3.38. The zero-order valence-electron chi connectivity index (χ0n) is 19.3. The van der Waals surface area contributed by atoms with Crippen LogP contribution in [0.4, 0.5) is 5.69 Å². The van der Waals surface area contributed by atoms with Crippen molar-refractivity contribution >= 4 is 35.5 Å². The third kappa shape index (κ3) is 5.62. The summed E-state index contributed by atoms with van der Waals surface area (Å²) < 4.78 is 16.2. The van der Waals surface area contributed by atoms with Crippen molar-refractivity contribution in [3.8, 4) is 11.5 Å². The van der Waals surface area contributed by atoms with Crippen LogP contribution in [0, 0.1) is 6.92 Å². The first-order valence-corrected chi connectivity index (χ1v) is 10.7. The Morgan fingerprint density at radius 1 is 1.00 bits per heavy atom. The first kappa shape index (κ1) is 23.4. The van der Waals surface area contributed by atoms with E-state index in [-0.39, 0.29) is 23.3 Å². The second kappa shape index (κ2) is 10.0. The van der Waals surface area contributed by atoms with E-state index >= 15 is 0 Å². The van der Waals surface area contributed by atoms with Gasteiger partial charge < -0.3 is 19.5 Å². The number of hydrogen-bond acceptors (Lipinski definition) is 7. The molecular formula is C27H22N2O6. The highest BCUT2D eigenvalue weighted by Crippen LogP contribution is 2.30. The number of anilines is 1. The van der Waals surface area contributed by atoms with Crippen molar-refractivity contribution < 1.29 is 28.6 Å². The highest BCUT2D eigenvalue weighted by Gasteiger charge is 2.24. The number of hydrogen-bond donors (Lipinski definition) is 1. The molecule has 0 spiro atoms. The number of nitrogens with zero attached hydrogens (tertiary/aromatic N) is 1. The van der Waals surface area contributed by atoms with Gasteiger partial charge >= 0.3 is 11.9 Å². The van der Waals surface area contributed by atoms with Gasteiger partial charge in [0, 0.05) is 18.2 Å². The van der Waals surface area contributed by atoms with Gasteiger partial charge in [0.05, 0.1) is 12.7 Å². The first-order valence-electron chi connectivity index (χ1n) is 10.7. The lowest BCUT2D eigenvalue weighted by Crippen LogP contribution is -2.09. The van der Waals surface area contributed by atoms with Crippen LogP contribution in [0.1, 0.15) is 34.0 Å². The van der Waals surface area contributed by atoms with Crippen LogP contribution in [0.5, 0.6) is 11.5 Å². The Morgan fingerprint density at radius 2 is 1.77 bits per heavy atom. The number of esters is 2. The summed E-state index contributed by atoms with van der Waals surface area (Å²) in [6.07, 6.45) is 1.55. The van der Waals surface area contributed by atoms with E-state index in [1.807, 2.05) is 13.0 Å². The average molecular weight is 470 g/mol. The van der Waals surface area contributed by atoms with E-state index in [2.05, 4.69) is 10.3 Å². The highest BCUT2D eigenvalue weighted by molar-refractivity contribution is 6.13. The molecule has 8 heteroatoms. The Balaban J connectivity index is 1.53. The molecule has 176 valence electrons. The van der Waals surface area contributed by atoms with Crippen LogP contribution >= 0.6 is 0 Å². The monoisotopic (exact) mass is 470 g/mol. The van der Waals surface area contributed by atoms with Crippen LogP contribution < -0.4 is 14.8 Å². The second-order valence-electron chi connectivity index (χ2n) is 7.76. The molecule has 0 bridgehead atoms. The zero-order chi connectivity index (χ0) is 24.9. The van der Waals surface area contributed by atoms with Crippen LogP contribution in [-0.4, -0.2) is 30.9 Å². The lowest BCUT2D eigenvalue weighted by Gasteiger charge is -2.10. The fourth-order valence-electron chi connectivity index (χ4n) is 3.38. The Bertz CT molecular complexity index is 1370. The third-order valence-electron chi connectivity index (χ3n) is 5.02. The summed E-state index contributed by atoms with van der Waals surface area (Å²) in [4.78, 5) is 40.3. The molecule has 1 heterocycles. The maximum absolute atomic E-state index is 12.5. The number of aryl methyl sites for hydroxylation is 1. The predicted molar refractivity (Wildman–Crippen MR) is 130 cm³/mol. The summed E-state index contributed by atoms with van der Waals surface area (Å²) in [5.74, 6) is -0.551. The lowest BCUT2D eigenvalue weighted by atomic mass is 10.1. The van der Waals surface area contributed by atoms with Gasteiger partial charge in [0.25, 0.3) is 0 Å². The molecule has 0 aromatic heterocycles. The third-order valence-corrected chi connectivity index (χ3v) is 5.02. The molecule has 8 nitrogen and oxygen atoms in total. The lowest BCUT2D eigenvalue weighted by molar-refractivity contribution is -0.129. The van der Waals surface area contributed by atoms with Crippen LogP contribution in [0.3, 0.4) is 0 Å². The number of aliphatic imine (C=N–C) groups is 1. The Hall–Kier alpha value is -4.72. The highest BCUT2D eigenvalue weighted by atomic mass is 16.6. The summed E-state index contributed by atoms with van der Waals surface area (Å²) in [5.41, 5.74) is 3.30. The molecule has 1 aliphatic heterocycles. The van der Waals surface area contributed by atoms with Crippen molar-refractivity contribution in [3.63, 3.8) is 0 Å². The Labute approximate surface area is 201 Å². The van der Waals surface area contributed by atoms with Crippen LogP contribution in [0.15, 0.2) is 77.4 Å². The van der Waals surface area contributed by atoms with Gasteiger partial charge in [-0.3, -0.25) is 4.79 Å². The molecule has 3 aromatic rings. The number of carbonyl (C=O) groups excluding carboxylic acids is 3. The Kier molecular flexibility index (Phi) is 6.73. The van der Waals surface area contributed by atoms with Crippen molar-refractivity contribution in [2.24, 2.45) is 4.99 Å². The molecule has 0 saturated carbocycles. The van der Waals surface area contributed by atoms with Gasteiger partial charge in [-0.25, -0.2) is 14.6 Å². The summed E-state index contributed by atoms with van der Waals surface area (Å²) in [6.45, 7) is 3.31. The number of methoxy groups -OCH3 is 1. The van der Waals surface area contributed by atoms with E-state index in [4.69, 9.17) is 14.2 Å². The quantitative estimate of drug-likeness (QED) is 0.323. The SMILES string of the molecule is COc1cc(/C=C2\N=C(c3ccc(NC(C)=O)cc3)OC2=O)ccc1OC(=O)c1cccc(C)c1. The van der Waals surface area contributed by atoms with E-state index in [0.29, 0.717) is 28.1 Å². The molecule has 1 amide bonds. The van der Waals surface area contributed by atoms with Crippen LogP contribution in [-0.2, 0) is 14.3 Å². The van der Waals surface area contributed by atoms with E-state index in [0.717, 1.165) is 5.56 Å². The summed E-state index contributed by atoms with van der Waals surface area (Å²) in [7, 11) is 1.46. The summed E-state index contributed by atoms with van der Waals surface area (Å²) in [5, 5.41) is 2.67. The van der Waals surface area contributed by atoms with Gasteiger partial charge in [-0.1, -0.05) is 23.8 Å².